The van der Waals surface area contributed by atoms with Crippen LogP contribution in [-0.2, 0) is 6.54 Å². The van der Waals surface area contributed by atoms with Gasteiger partial charge in [-0.1, -0.05) is 28.9 Å². The fourth-order valence-electron chi connectivity index (χ4n) is 3.45. The first-order valence-electron chi connectivity index (χ1n) is 9.77. The van der Waals surface area contributed by atoms with E-state index in [4.69, 9.17) is 16.1 Å². The highest BCUT2D eigenvalue weighted by molar-refractivity contribution is 6.30. The molecule has 1 fully saturated rings. The van der Waals surface area contributed by atoms with Crippen LogP contribution in [0.1, 0.15) is 12.3 Å². The molecule has 2 aromatic carbocycles. The number of hydrogen-bond donors (Lipinski definition) is 2. The molecule has 31 heavy (non-hydrogen) atoms. The average Bonchev–Trinajstić information content (AvgIpc) is 3.41. The van der Waals surface area contributed by atoms with Crippen LogP contribution in [0.15, 0.2) is 52.0 Å². The summed E-state index contributed by atoms with van der Waals surface area (Å²) in [6.45, 7) is 1.52. The van der Waals surface area contributed by atoms with Crippen LogP contribution in [0.2, 0.25) is 5.02 Å². The molecule has 10 heteroatoms. The molecule has 1 aliphatic heterocycles. The maximum atomic E-state index is 14.0. The van der Waals surface area contributed by atoms with Gasteiger partial charge in [-0.05, 0) is 30.7 Å². The fourth-order valence-corrected chi connectivity index (χ4v) is 3.64. The molecule has 0 radical (unpaired) electrons. The Morgan fingerprint density at radius 2 is 2.16 bits per heavy atom. The average molecular weight is 447 g/mol. The predicted molar refractivity (Wildman–Crippen MR) is 115 cm³/mol. The number of anilines is 1. The van der Waals surface area contributed by atoms with E-state index in [-0.39, 0.29) is 12.6 Å². The van der Waals surface area contributed by atoms with Crippen LogP contribution in [0.5, 0.6) is 0 Å². The molecule has 3 aromatic rings. The van der Waals surface area contributed by atoms with Crippen molar-refractivity contribution in [2.45, 2.75) is 19.0 Å². The van der Waals surface area contributed by atoms with Gasteiger partial charge in [-0.15, -0.1) is 0 Å². The minimum Gasteiger partial charge on any atom is -0.367 e. The summed E-state index contributed by atoms with van der Waals surface area (Å²) in [5.74, 6) is 0.276. The lowest BCUT2D eigenvalue weighted by molar-refractivity contribution is 0.375. The summed E-state index contributed by atoms with van der Waals surface area (Å²) in [5.41, 5.74) is 1.16. The lowest BCUT2D eigenvalue weighted by Crippen LogP contribution is -2.44. The molecule has 0 spiro atoms. The van der Waals surface area contributed by atoms with E-state index in [2.05, 4.69) is 25.8 Å². The van der Waals surface area contributed by atoms with Crippen LogP contribution in [0, 0.1) is 11.6 Å². The van der Waals surface area contributed by atoms with Crippen molar-refractivity contribution in [3.05, 3.63) is 65.0 Å². The maximum Gasteiger partial charge on any atom is 0.246 e. The third kappa shape index (κ3) is 5.11. The third-order valence-electron chi connectivity index (χ3n) is 4.96. The molecule has 162 valence electrons. The van der Waals surface area contributed by atoms with Gasteiger partial charge in [-0.25, -0.2) is 8.78 Å². The summed E-state index contributed by atoms with van der Waals surface area (Å²) in [6, 6.07) is 10.9. The first-order chi connectivity index (χ1) is 15.0. The van der Waals surface area contributed by atoms with Gasteiger partial charge >= 0.3 is 0 Å². The molecular formula is C21H21ClF2N6O. The number of aliphatic imine (C=N–C) groups is 1. The number of hydrogen-bond acceptors (Lipinski definition) is 5. The summed E-state index contributed by atoms with van der Waals surface area (Å²) in [6.07, 6.45) is 0.789. The number of nitrogens with zero attached hydrogens (tertiary/aromatic N) is 4. The van der Waals surface area contributed by atoms with Gasteiger partial charge in [0, 0.05) is 42.8 Å². The lowest BCUT2D eigenvalue weighted by atomic mass is 10.2. The van der Waals surface area contributed by atoms with Crippen LogP contribution in [0.3, 0.4) is 0 Å². The van der Waals surface area contributed by atoms with Crippen molar-refractivity contribution in [2.75, 3.05) is 25.0 Å². The molecule has 4 rings (SSSR count). The third-order valence-corrected chi connectivity index (χ3v) is 5.20. The SMILES string of the molecule is CN=C(NCc1nc(-c2cccc(Cl)c2)no1)NC1CCN(c2ccc(F)cc2F)C1. The Bertz CT molecular complexity index is 1090. The van der Waals surface area contributed by atoms with Gasteiger partial charge < -0.3 is 20.1 Å². The Balaban J connectivity index is 1.31. The zero-order chi connectivity index (χ0) is 21.8. The molecule has 0 amide bonds. The minimum absolute atomic E-state index is 0.0559. The van der Waals surface area contributed by atoms with Crippen molar-refractivity contribution in [1.29, 1.82) is 0 Å². The molecule has 2 heterocycles. The van der Waals surface area contributed by atoms with Crippen molar-refractivity contribution in [3.8, 4) is 11.4 Å². The van der Waals surface area contributed by atoms with Gasteiger partial charge in [0.25, 0.3) is 0 Å². The van der Waals surface area contributed by atoms with E-state index in [1.165, 1.54) is 12.1 Å². The molecule has 1 atom stereocenters. The number of nitrogens with one attached hydrogen (secondary N) is 2. The molecule has 1 unspecified atom stereocenters. The molecular weight excluding hydrogens is 426 g/mol. The lowest BCUT2D eigenvalue weighted by Gasteiger charge is -2.20. The quantitative estimate of drug-likeness (QED) is 0.460. The predicted octanol–water partition coefficient (Wildman–Crippen LogP) is 3.61. The van der Waals surface area contributed by atoms with Crippen LogP contribution in [-0.4, -0.2) is 42.3 Å². The Morgan fingerprint density at radius 1 is 1.29 bits per heavy atom. The van der Waals surface area contributed by atoms with Gasteiger partial charge in [-0.3, -0.25) is 4.99 Å². The normalized spacial score (nSPS) is 16.6. The van der Waals surface area contributed by atoms with Crippen molar-refractivity contribution in [2.24, 2.45) is 4.99 Å². The number of benzene rings is 2. The molecule has 0 saturated carbocycles. The summed E-state index contributed by atoms with van der Waals surface area (Å²) in [4.78, 5) is 10.5. The molecule has 7 nitrogen and oxygen atoms in total. The summed E-state index contributed by atoms with van der Waals surface area (Å²) in [7, 11) is 1.66. The second-order valence-electron chi connectivity index (χ2n) is 7.12. The standard InChI is InChI=1S/C21H21ClF2N6O/c1-25-21(26-11-19-28-20(29-31-19)13-3-2-4-14(22)9-13)27-16-7-8-30(12-16)18-6-5-15(23)10-17(18)24/h2-6,9-10,16H,7-8,11-12H2,1H3,(H2,25,26,27). The van der Waals surface area contributed by atoms with Gasteiger partial charge in [0.2, 0.25) is 11.7 Å². The number of rotatable bonds is 5. The Labute approximate surface area is 183 Å². The van der Waals surface area contributed by atoms with Crippen molar-refractivity contribution in [1.82, 2.24) is 20.8 Å². The molecule has 1 saturated heterocycles. The highest BCUT2D eigenvalue weighted by Gasteiger charge is 2.25. The summed E-state index contributed by atoms with van der Waals surface area (Å²) >= 11 is 6.01. The van der Waals surface area contributed by atoms with Crippen molar-refractivity contribution >= 4 is 23.2 Å². The molecule has 0 aliphatic carbocycles. The van der Waals surface area contributed by atoms with Crippen LogP contribution >= 0.6 is 11.6 Å². The Kier molecular flexibility index (Phi) is 6.31. The van der Waals surface area contributed by atoms with Gasteiger partial charge in [0.15, 0.2) is 5.96 Å². The van der Waals surface area contributed by atoms with E-state index in [1.54, 1.807) is 19.2 Å². The highest BCUT2D eigenvalue weighted by atomic mass is 35.5. The van der Waals surface area contributed by atoms with E-state index < -0.39 is 11.6 Å². The zero-order valence-corrected chi connectivity index (χ0v) is 17.5. The van der Waals surface area contributed by atoms with Crippen molar-refractivity contribution in [3.63, 3.8) is 0 Å². The van der Waals surface area contributed by atoms with Gasteiger partial charge in [-0.2, -0.15) is 4.98 Å². The Morgan fingerprint density at radius 3 is 2.94 bits per heavy atom. The fraction of sp³-hybridized carbons (Fsp3) is 0.286. The number of halogens is 3. The van der Waals surface area contributed by atoms with Crippen LogP contribution in [0.4, 0.5) is 14.5 Å². The topological polar surface area (TPSA) is 78.6 Å². The molecule has 1 aromatic heterocycles. The zero-order valence-electron chi connectivity index (χ0n) is 16.8. The summed E-state index contributed by atoms with van der Waals surface area (Å²) < 4.78 is 32.5. The summed E-state index contributed by atoms with van der Waals surface area (Å²) in [5, 5.41) is 11.0. The monoisotopic (exact) mass is 446 g/mol. The largest absolute Gasteiger partial charge is 0.367 e. The van der Waals surface area contributed by atoms with E-state index in [9.17, 15) is 8.78 Å². The van der Waals surface area contributed by atoms with E-state index in [0.717, 1.165) is 18.1 Å². The maximum absolute atomic E-state index is 14.0. The first kappa shape index (κ1) is 21.0. The number of guanidine groups is 1. The Hall–Kier alpha value is -3.20. The molecule has 2 N–H and O–H groups in total. The van der Waals surface area contributed by atoms with E-state index in [1.807, 2.05) is 17.0 Å². The molecule has 1 aliphatic rings. The minimum atomic E-state index is -0.584. The van der Waals surface area contributed by atoms with Gasteiger partial charge in [0.05, 0.1) is 12.2 Å². The van der Waals surface area contributed by atoms with Crippen LogP contribution < -0.4 is 15.5 Å². The van der Waals surface area contributed by atoms with Gasteiger partial charge in [0.1, 0.15) is 11.6 Å². The van der Waals surface area contributed by atoms with Crippen molar-refractivity contribution < 1.29 is 13.3 Å². The highest BCUT2D eigenvalue weighted by Crippen LogP contribution is 2.24. The van der Waals surface area contributed by atoms with Crippen LogP contribution in [0.25, 0.3) is 11.4 Å². The molecule has 0 bridgehead atoms. The van der Waals surface area contributed by atoms with E-state index in [0.29, 0.717) is 41.5 Å². The first-order valence-corrected chi connectivity index (χ1v) is 10.2. The second kappa shape index (κ2) is 9.30. The number of aromatic nitrogens is 2. The second-order valence-corrected chi connectivity index (χ2v) is 7.56. The smallest absolute Gasteiger partial charge is 0.246 e. The van der Waals surface area contributed by atoms with E-state index >= 15 is 0 Å².